The van der Waals surface area contributed by atoms with E-state index in [2.05, 4.69) is 19.8 Å². The van der Waals surface area contributed by atoms with Gasteiger partial charge in [-0.2, -0.15) is 0 Å². The highest BCUT2D eigenvalue weighted by atomic mass is 13.7. The van der Waals surface area contributed by atoms with Gasteiger partial charge in [0.15, 0.2) is 0 Å². The van der Waals surface area contributed by atoms with Crippen molar-refractivity contribution in [2.24, 2.45) is 0 Å². The first kappa shape index (κ1) is 11.8. The predicted octanol–water partition coefficient (Wildman–Crippen LogP) is 2.27. The SMILES string of the molecule is C#C.[B]C(/C=C\CC)=C/C. The summed E-state index contributed by atoms with van der Waals surface area (Å²) in [5, 5.41) is 0. The van der Waals surface area contributed by atoms with Crippen LogP contribution in [-0.4, -0.2) is 7.85 Å². The highest BCUT2D eigenvalue weighted by molar-refractivity contribution is 6.23. The Balaban J connectivity index is 0. The molecule has 0 aliphatic rings. The molecular weight excluding hydrogens is 119 g/mol. The number of hydrogen-bond acceptors (Lipinski definition) is 0. The van der Waals surface area contributed by atoms with E-state index < -0.39 is 0 Å². The smallest absolute Gasteiger partial charge is 0.113 e. The Hall–Kier alpha value is -0.895. The van der Waals surface area contributed by atoms with Crippen LogP contribution in [0.3, 0.4) is 0 Å². The molecule has 0 saturated heterocycles. The maximum absolute atomic E-state index is 5.43. The van der Waals surface area contributed by atoms with Gasteiger partial charge in [-0.05, 0) is 13.3 Å². The molecule has 0 fully saturated rings. The van der Waals surface area contributed by atoms with Gasteiger partial charge < -0.3 is 0 Å². The van der Waals surface area contributed by atoms with Crippen molar-refractivity contribution in [2.45, 2.75) is 20.3 Å². The largest absolute Gasteiger partial charge is 0.124 e. The van der Waals surface area contributed by atoms with Gasteiger partial charge in [0.25, 0.3) is 0 Å². The molecule has 0 bridgehead atoms. The van der Waals surface area contributed by atoms with Gasteiger partial charge in [0, 0.05) is 0 Å². The van der Waals surface area contributed by atoms with Gasteiger partial charge in [-0.15, -0.1) is 18.3 Å². The normalized spacial score (nSPS) is 10.6. The number of allylic oxidation sites excluding steroid dienone is 4. The fourth-order valence-corrected chi connectivity index (χ4v) is 0.350. The molecule has 0 aliphatic carbocycles. The first-order chi connectivity index (χ1) is 4.81. The summed E-state index contributed by atoms with van der Waals surface area (Å²) in [6.45, 7) is 4.01. The Morgan fingerprint density at radius 3 is 2.30 bits per heavy atom. The van der Waals surface area contributed by atoms with E-state index in [1.54, 1.807) is 0 Å². The average Bonchev–Trinajstić information content (AvgIpc) is 2.04. The summed E-state index contributed by atoms with van der Waals surface area (Å²) in [6, 6.07) is 0. The molecule has 0 atom stereocenters. The molecule has 0 aromatic heterocycles. The second-order valence-electron chi connectivity index (χ2n) is 1.60. The lowest BCUT2D eigenvalue weighted by molar-refractivity contribution is 1.22. The molecule has 0 nitrogen and oxygen atoms in total. The topological polar surface area (TPSA) is 0 Å². The summed E-state index contributed by atoms with van der Waals surface area (Å²) < 4.78 is 0. The standard InChI is InChI=1S/C7H11B.C2H2/c1-3-5-6-7(8)4-2;1-2/h4-6H,3H2,1-2H3;1-2H/b6-5-,7-4+;. The van der Waals surface area contributed by atoms with E-state index in [1.165, 1.54) is 0 Å². The fraction of sp³-hybridized carbons (Fsp3) is 0.333. The van der Waals surface area contributed by atoms with E-state index in [4.69, 9.17) is 7.85 Å². The summed E-state index contributed by atoms with van der Waals surface area (Å²) in [6.07, 6.45) is 14.9. The fourth-order valence-electron chi connectivity index (χ4n) is 0.350. The molecule has 0 aromatic rings. The molecule has 0 heterocycles. The molecule has 0 N–H and O–H groups in total. The van der Waals surface area contributed by atoms with Gasteiger partial charge in [0.2, 0.25) is 0 Å². The highest BCUT2D eigenvalue weighted by Crippen LogP contribution is 1.89. The van der Waals surface area contributed by atoms with Crippen LogP contribution in [-0.2, 0) is 0 Å². The van der Waals surface area contributed by atoms with Crippen LogP contribution < -0.4 is 0 Å². The summed E-state index contributed by atoms with van der Waals surface area (Å²) in [4.78, 5) is 0. The van der Waals surface area contributed by atoms with Gasteiger partial charge in [0.1, 0.15) is 7.85 Å². The zero-order valence-corrected chi connectivity index (χ0v) is 6.67. The highest BCUT2D eigenvalue weighted by Gasteiger charge is 1.72. The van der Waals surface area contributed by atoms with Crippen LogP contribution in [0, 0.1) is 12.8 Å². The maximum Gasteiger partial charge on any atom is 0.113 e. The molecule has 1 heteroatoms. The predicted molar refractivity (Wildman–Crippen MR) is 48.8 cm³/mol. The Morgan fingerprint density at radius 2 is 2.00 bits per heavy atom. The average molecular weight is 132 g/mol. The molecule has 0 saturated carbocycles. The van der Waals surface area contributed by atoms with Crippen LogP contribution in [0.1, 0.15) is 20.3 Å². The van der Waals surface area contributed by atoms with Crippen LogP contribution in [0.5, 0.6) is 0 Å². The number of terminal acetylenes is 1. The van der Waals surface area contributed by atoms with Crippen molar-refractivity contribution in [1.29, 1.82) is 0 Å². The molecule has 0 amide bonds. The second-order valence-corrected chi connectivity index (χ2v) is 1.60. The van der Waals surface area contributed by atoms with E-state index in [-0.39, 0.29) is 0 Å². The molecule has 0 spiro atoms. The van der Waals surface area contributed by atoms with Crippen molar-refractivity contribution in [2.75, 3.05) is 0 Å². The minimum Gasteiger partial charge on any atom is -0.124 e. The zero-order chi connectivity index (χ0) is 8.41. The van der Waals surface area contributed by atoms with Crippen LogP contribution in [0.4, 0.5) is 0 Å². The van der Waals surface area contributed by atoms with E-state index in [0.29, 0.717) is 0 Å². The minimum absolute atomic E-state index is 0.840. The zero-order valence-electron chi connectivity index (χ0n) is 6.67. The van der Waals surface area contributed by atoms with Gasteiger partial charge in [-0.25, -0.2) is 0 Å². The lowest BCUT2D eigenvalue weighted by atomic mass is 9.95. The van der Waals surface area contributed by atoms with Crippen LogP contribution in [0.25, 0.3) is 0 Å². The van der Waals surface area contributed by atoms with Crippen molar-refractivity contribution in [3.63, 3.8) is 0 Å². The van der Waals surface area contributed by atoms with E-state index in [9.17, 15) is 0 Å². The van der Waals surface area contributed by atoms with Crippen molar-refractivity contribution < 1.29 is 0 Å². The number of rotatable bonds is 2. The molecule has 0 aliphatic heterocycles. The first-order valence-electron chi connectivity index (χ1n) is 3.23. The van der Waals surface area contributed by atoms with Crippen molar-refractivity contribution in [3.8, 4) is 12.8 Å². The van der Waals surface area contributed by atoms with Crippen LogP contribution in [0.15, 0.2) is 23.7 Å². The maximum atomic E-state index is 5.43. The molecule has 0 rings (SSSR count). The minimum atomic E-state index is 0.840. The number of hydrogen-bond donors (Lipinski definition) is 0. The Morgan fingerprint density at radius 1 is 1.50 bits per heavy atom. The molecular formula is C9H13B. The Bertz CT molecular complexity index is 129. The monoisotopic (exact) mass is 132 g/mol. The van der Waals surface area contributed by atoms with Gasteiger partial charge in [-0.3, -0.25) is 0 Å². The van der Waals surface area contributed by atoms with Crippen LogP contribution in [0.2, 0.25) is 0 Å². The van der Waals surface area contributed by atoms with E-state index in [0.717, 1.165) is 11.9 Å². The Labute approximate surface area is 65.4 Å². The lowest BCUT2D eigenvalue weighted by Gasteiger charge is -1.84. The second kappa shape index (κ2) is 11.0. The molecule has 52 valence electrons. The summed E-state index contributed by atoms with van der Waals surface area (Å²) >= 11 is 0. The van der Waals surface area contributed by atoms with E-state index in [1.807, 2.05) is 25.2 Å². The summed E-state index contributed by atoms with van der Waals surface area (Å²) in [5.74, 6) is 0. The van der Waals surface area contributed by atoms with Crippen molar-refractivity contribution >= 4 is 7.85 Å². The van der Waals surface area contributed by atoms with Crippen molar-refractivity contribution in [1.82, 2.24) is 0 Å². The Kier molecular flexibility index (Phi) is 13.0. The molecule has 0 aromatic carbocycles. The van der Waals surface area contributed by atoms with E-state index >= 15 is 0 Å². The first-order valence-corrected chi connectivity index (χ1v) is 3.23. The molecule has 0 unspecified atom stereocenters. The van der Waals surface area contributed by atoms with Gasteiger partial charge in [0.05, 0.1) is 0 Å². The van der Waals surface area contributed by atoms with Gasteiger partial charge >= 0.3 is 0 Å². The molecule has 2 radical (unpaired) electrons. The van der Waals surface area contributed by atoms with Crippen LogP contribution >= 0.6 is 0 Å². The quantitative estimate of drug-likeness (QED) is 0.307. The van der Waals surface area contributed by atoms with Gasteiger partial charge in [-0.1, -0.05) is 25.2 Å². The third-order valence-electron chi connectivity index (χ3n) is 0.879. The van der Waals surface area contributed by atoms with Crippen molar-refractivity contribution in [3.05, 3.63) is 23.7 Å². The lowest BCUT2D eigenvalue weighted by Crippen LogP contribution is -1.70. The third kappa shape index (κ3) is 10.2. The third-order valence-corrected chi connectivity index (χ3v) is 0.879. The molecule has 10 heavy (non-hydrogen) atoms. The summed E-state index contributed by atoms with van der Waals surface area (Å²) in [7, 11) is 5.43. The summed E-state index contributed by atoms with van der Waals surface area (Å²) in [5.41, 5.74) is 0.840.